The van der Waals surface area contributed by atoms with E-state index in [-0.39, 0.29) is 6.04 Å². The molecule has 0 bridgehead atoms. The molecule has 1 atom stereocenters. The number of hydrogen-bond acceptors (Lipinski definition) is 2. The van der Waals surface area contributed by atoms with Crippen molar-refractivity contribution < 1.29 is 0 Å². The molecule has 2 heteroatoms. The Bertz CT molecular complexity index is 184. The maximum Gasteiger partial charge on any atom is 0.138 e. The van der Waals surface area contributed by atoms with Crippen molar-refractivity contribution in [1.82, 2.24) is 0 Å². The summed E-state index contributed by atoms with van der Waals surface area (Å²) < 4.78 is 0. The lowest BCUT2D eigenvalue weighted by molar-refractivity contribution is 0.582. The quantitative estimate of drug-likeness (QED) is 0.567. The largest absolute Gasteiger partial charge is 0.278 e. The highest BCUT2D eigenvalue weighted by molar-refractivity contribution is 5.64. The third-order valence-corrected chi connectivity index (χ3v) is 1.84. The SMILES string of the molecule is CC(C)C(C#N)N=CC1CC1. The summed E-state index contributed by atoms with van der Waals surface area (Å²) in [5.74, 6) is 1.03. The van der Waals surface area contributed by atoms with Crippen molar-refractivity contribution >= 4 is 6.21 Å². The fourth-order valence-electron chi connectivity index (χ4n) is 0.814. The summed E-state index contributed by atoms with van der Waals surface area (Å²) in [4.78, 5) is 4.22. The van der Waals surface area contributed by atoms with Crippen LogP contribution >= 0.6 is 0 Å². The maximum atomic E-state index is 8.67. The van der Waals surface area contributed by atoms with Gasteiger partial charge >= 0.3 is 0 Å². The van der Waals surface area contributed by atoms with Crippen LogP contribution in [0.15, 0.2) is 4.99 Å². The van der Waals surface area contributed by atoms with Gasteiger partial charge in [0.25, 0.3) is 0 Å². The van der Waals surface area contributed by atoms with E-state index in [0.29, 0.717) is 11.8 Å². The second-order valence-electron chi connectivity index (χ2n) is 3.45. The van der Waals surface area contributed by atoms with Gasteiger partial charge in [-0.2, -0.15) is 5.26 Å². The second-order valence-corrected chi connectivity index (χ2v) is 3.45. The van der Waals surface area contributed by atoms with Gasteiger partial charge in [-0.1, -0.05) is 13.8 Å². The van der Waals surface area contributed by atoms with Crippen LogP contribution in [-0.4, -0.2) is 12.3 Å². The van der Waals surface area contributed by atoms with Gasteiger partial charge in [-0.3, -0.25) is 4.99 Å². The Balaban J connectivity index is 2.36. The lowest BCUT2D eigenvalue weighted by Crippen LogP contribution is -2.09. The van der Waals surface area contributed by atoms with Crippen molar-refractivity contribution in [3.05, 3.63) is 0 Å². The fraction of sp³-hybridized carbons (Fsp3) is 0.778. The van der Waals surface area contributed by atoms with Crippen molar-refractivity contribution in [2.75, 3.05) is 0 Å². The van der Waals surface area contributed by atoms with Crippen LogP contribution < -0.4 is 0 Å². The Hall–Kier alpha value is -0.840. The van der Waals surface area contributed by atoms with Crippen molar-refractivity contribution in [2.45, 2.75) is 32.7 Å². The predicted octanol–water partition coefficient (Wildman–Crippen LogP) is 2.02. The molecule has 0 aromatic heterocycles. The molecule has 0 N–H and O–H groups in total. The van der Waals surface area contributed by atoms with Crippen LogP contribution in [0, 0.1) is 23.2 Å². The van der Waals surface area contributed by atoms with E-state index in [1.165, 1.54) is 12.8 Å². The molecule has 1 unspecified atom stereocenters. The summed E-state index contributed by atoms with van der Waals surface area (Å²) >= 11 is 0. The lowest BCUT2D eigenvalue weighted by atomic mass is 10.1. The first-order valence-electron chi connectivity index (χ1n) is 4.17. The van der Waals surface area contributed by atoms with Crippen LogP contribution in [0.2, 0.25) is 0 Å². The Kier molecular flexibility index (Phi) is 2.64. The molecule has 1 aliphatic rings. The number of aliphatic imine (C=N–C) groups is 1. The van der Waals surface area contributed by atoms with E-state index in [4.69, 9.17) is 5.26 Å². The molecule has 1 fully saturated rings. The van der Waals surface area contributed by atoms with Gasteiger partial charge in [-0.25, -0.2) is 0 Å². The van der Waals surface area contributed by atoms with E-state index in [9.17, 15) is 0 Å². The Morgan fingerprint density at radius 1 is 1.55 bits per heavy atom. The molecule has 1 rings (SSSR count). The zero-order chi connectivity index (χ0) is 8.27. The first-order chi connectivity index (χ1) is 5.24. The smallest absolute Gasteiger partial charge is 0.138 e. The van der Waals surface area contributed by atoms with Gasteiger partial charge in [-0.05, 0) is 24.7 Å². The molecule has 0 spiro atoms. The number of nitriles is 1. The third kappa shape index (κ3) is 2.71. The monoisotopic (exact) mass is 150 g/mol. The van der Waals surface area contributed by atoms with E-state index < -0.39 is 0 Å². The molecule has 0 aromatic rings. The summed E-state index contributed by atoms with van der Waals surface area (Å²) in [5.41, 5.74) is 0. The Labute approximate surface area is 67.9 Å². The highest BCUT2D eigenvalue weighted by atomic mass is 14.8. The van der Waals surface area contributed by atoms with Gasteiger partial charge in [-0.15, -0.1) is 0 Å². The fourth-order valence-corrected chi connectivity index (χ4v) is 0.814. The molecular formula is C9H14N2. The third-order valence-electron chi connectivity index (χ3n) is 1.84. The number of rotatable bonds is 3. The van der Waals surface area contributed by atoms with E-state index in [2.05, 4.69) is 11.1 Å². The topological polar surface area (TPSA) is 36.1 Å². The molecule has 0 radical (unpaired) electrons. The van der Waals surface area contributed by atoms with E-state index in [1.54, 1.807) is 0 Å². The van der Waals surface area contributed by atoms with Gasteiger partial charge in [0, 0.05) is 6.21 Å². The van der Waals surface area contributed by atoms with Crippen LogP contribution in [0.1, 0.15) is 26.7 Å². The Morgan fingerprint density at radius 3 is 2.55 bits per heavy atom. The summed E-state index contributed by atoms with van der Waals surface area (Å²) in [7, 11) is 0. The molecule has 0 amide bonds. The minimum Gasteiger partial charge on any atom is -0.278 e. The van der Waals surface area contributed by atoms with Crippen LogP contribution in [0.3, 0.4) is 0 Å². The average molecular weight is 150 g/mol. The van der Waals surface area contributed by atoms with E-state index >= 15 is 0 Å². The highest BCUT2D eigenvalue weighted by Crippen LogP contribution is 2.26. The van der Waals surface area contributed by atoms with Crippen molar-refractivity contribution in [2.24, 2.45) is 16.8 Å². The minimum absolute atomic E-state index is 0.129. The zero-order valence-corrected chi connectivity index (χ0v) is 7.12. The second kappa shape index (κ2) is 3.52. The van der Waals surface area contributed by atoms with Gasteiger partial charge in [0.15, 0.2) is 0 Å². The summed E-state index contributed by atoms with van der Waals surface area (Å²) in [6, 6.07) is 2.06. The molecule has 1 saturated carbocycles. The van der Waals surface area contributed by atoms with Gasteiger partial charge in [0.05, 0.1) is 6.07 Å². The summed E-state index contributed by atoms with van der Waals surface area (Å²) in [5, 5.41) is 8.67. The van der Waals surface area contributed by atoms with Gasteiger partial charge < -0.3 is 0 Å². The molecular weight excluding hydrogens is 136 g/mol. The zero-order valence-electron chi connectivity index (χ0n) is 7.12. The first kappa shape index (κ1) is 8.26. The van der Waals surface area contributed by atoms with Crippen molar-refractivity contribution in [1.29, 1.82) is 5.26 Å². The molecule has 0 saturated heterocycles. The summed E-state index contributed by atoms with van der Waals surface area (Å²) in [6.07, 6.45) is 4.48. The number of nitrogens with zero attached hydrogens (tertiary/aromatic N) is 2. The van der Waals surface area contributed by atoms with E-state index in [0.717, 1.165) is 0 Å². The van der Waals surface area contributed by atoms with Crippen LogP contribution in [-0.2, 0) is 0 Å². The summed E-state index contributed by atoms with van der Waals surface area (Å²) in [6.45, 7) is 4.05. The van der Waals surface area contributed by atoms with E-state index in [1.807, 2.05) is 20.1 Å². The van der Waals surface area contributed by atoms with Crippen LogP contribution in [0.5, 0.6) is 0 Å². The predicted molar refractivity (Wildman–Crippen MR) is 45.5 cm³/mol. The molecule has 0 aliphatic heterocycles. The first-order valence-corrected chi connectivity index (χ1v) is 4.17. The molecule has 11 heavy (non-hydrogen) atoms. The van der Waals surface area contributed by atoms with Crippen LogP contribution in [0.25, 0.3) is 0 Å². The molecule has 1 aliphatic carbocycles. The minimum atomic E-state index is -0.129. The average Bonchev–Trinajstić information content (AvgIpc) is 2.72. The van der Waals surface area contributed by atoms with Crippen LogP contribution in [0.4, 0.5) is 0 Å². The molecule has 60 valence electrons. The van der Waals surface area contributed by atoms with Crippen molar-refractivity contribution in [3.63, 3.8) is 0 Å². The lowest BCUT2D eigenvalue weighted by Gasteiger charge is -2.05. The maximum absolute atomic E-state index is 8.67. The van der Waals surface area contributed by atoms with Crippen molar-refractivity contribution in [3.8, 4) is 6.07 Å². The molecule has 2 nitrogen and oxygen atoms in total. The van der Waals surface area contributed by atoms with Gasteiger partial charge in [0.1, 0.15) is 6.04 Å². The Morgan fingerprint density at radius 2 is 2.18 bits per heavy atom. The normalized spacial score (nSPS) is 20.5. The molecule has 0 heterocycles. The number of hydrogen-bond donors (Lipinski definition) is 0. The standard InChI is InChI=1S/C9H14N2/c1-7(2)9(5-10)11-6-8-3-4-8/h6-9H,3-4H2,1-2H3. The molecule has 0 aromatic carbocycles. The highest BCUT2D eigenvalue weighted by Gasteiger charge is 2.19. The van der Waals surface area contributed by atoms with Gasteiger partial charge in [0.2, 0.25) is 0 Å².